The number of hydrogen-bond acceptors (Lipinski definition) is 6. The minimum Gasteiger partial charge on any atom is -0.493 e. The van der Waals surface area contributed by atoms with Gasteiger partial charge in [-0.1, -0.05) is 30.3 Å². The van der Waals surface area contributed by atoms with Crippen molar-refractivity contribution in [2.45, 2.75) is 31.6 Å². The number of aliphatic imine (C=N–C) groups is 1. The average molecular weight is 431 g/mol. The van der Waals surface area contributed by atoms with E-state index in [4.69, 9.17) is 19.2 Å². The van der Waals surface area contributed by atoms with E-state index >= 15 is 0 Å². The number of carbonyl (C=O) groups is 1. The number of Topliss-reactive ketones (excluding diaryl/α,β-unsaturated/α-hetero) is 1. The van der Waals surface area contributed by atoms with Crippen molar-refractivity contribution >= 4 is 11.5 Å². The lowest BCUT2D eigenvalue weighted by Gasteiger charge is -2.35. The van der Waals surface area contributed by atoms with Crippen LogP contribution < -0.4 is 14.2 Å². The highest BCUT2D eigenvalue weighted by atomic mass is 16.5. The van der Waals surface area contributed by atoms with Gasteiger partial charge in [0.05, 0.1) is 33.3 Å². The molecule has 6 nitrogen and oxygen atoms in total. The van der Waals surface area contributed by atoms with E-state index in [9.17, 15) is 10.1 Å². The van der Waals surface area contributed by atoms with Crippen molar-refractivity contribution in [1.82, 2.24) is 0 Å². The van der Waals surface area contributed by atoms with Crippen molar-refractivity contribution in [1.29, 1.82) is 5.26 Å². The third-order valence-electron chi connectivity index (χ3n) is 6.34. The highest BCUT2D eigenvalue weighted by molar-refractivity contribution is 6.03. The Hall–Kier alpha value is -3.59. The molecule has 0 bridgehead atoms. The molecule has 3 atom stereocenters. The number of ether oxygens (including phenoxy) is 3. The van der Waals surface area contributed by atoms with Gasteiger partial charge in [-0.25, -0.2) is 0 Å². The van der Waals surface area contributed by atoms with Crippen LogP contribution in [0.15, 0.2) is 58.7 Å². The molecule has 0 saturated carbocycles. The van der Waals surface area contributed by atoms with E-state index in [2.05, 4.69) is 18.2 Å². The standard InChI is InChI=1S/C26H26N2O4/c1-15-19(14-27)24(18-12-22(30-2)26(32-4)23(13-18)31-3)25-20(28-15)10-17(11-21(25)29)16-8-6-5-7-9-16/h5-9,12-13,17,19,24H,10-11H2,1-4H3. The summed E-state index contributed by atoms with van der Waals surface area (Å²) >= 11 is 0. The third kappa shape index (κ3) is 3.64. The summed E-state index contributed by atoms with van der Waals surface area (Å²) < 4.78 is 16.5. The Morgan fingerprint density at radius 3 is 2.19 bits per heavy atom. The molecule has 0 saturated heterocycles. The van der Waals surface area contributed by atoms with E-state index in [1.54, 1.807) is 21.3 Å². The van der Waals surface area contributed by atoms with E-state index in [1.807, 2.05) is 37.3 Å². The summed E-state index contributed by atoms with van der Waals surface area (Å²) in [6.45, 7) is 1.86. The van der Waals surface area contributed by atoms with Crippen LogP contribution >= 0.6 is 0 Å². The number of hydrogen-bond donors (Lipinski definition) is 0. The summed E-state index contributed by atoms with van der Waals surface area (Å²) in [4.78, 5) is 18.2. The van der Waals surface area contributed by atoms with Gasteiger partial charge >= 0.3 is 0 Å². The maximum atomic E-state index is 13.5. The first-order chi connectivity index (χ1) is 15.5. The monoisotopic (exact) mass is 430 g/mol. The lowest BCUT2D eigenvalue weighted by Crippen LogP contribution is -2.32. The highest BCUT2D eigenvalue weighted by Gasteiger charge is 2.42. The highest BCUT2D eigenvalue weighted by Crippen LogP contribution is 2.49. The summed E-state index contributed by atoms with van der Waals surface area (Å²) in [6, 6.07) is 16.1. The van der Waals surface area contributed by atoms with E-state index in [1.165, 1.54) is 0 Å². The van der Waals surface area contributed by atoms with Crippen LogP contribution in [0.25, 0.3) is 0 Å². The number of nitriles is 1. The van der Waals surface area contributed by atoms with Crippen LogP contribution in [0.3, 0.4) is 0 Å². The van der Waals surface area contributed by atoms with Crippen molar-refractivity contribution in [3.05, 3.63) is 64.9 Å². The van der Waals surface area contributed by atoms with E-state index in [0.717, 1.165) is 16.8 Å². The molecular weight excluding hydrogens is 404 g/mol. The molecular formula is C26H26N2O4. The fraction of sp³-hybridized carbons (Fsp3) is 0.346. The zero-order valence-corrected chi connectivity index (χ0v) is 18.7. The molecule has 32 heavy (non-hydrogen) atoms. The van der Waals surface area contributed by atoms with Crippen LogP contribution in [-0.4, -0.2) is 32.8 Å². The Morgan fingerprint density at radius 2 is 1.62 bits per heavy atom. The molecule has 0 N–H and O–H groups in total. The molecule has 0 amide bonds. The molecule has 164 valence electrons. The second-order valence-electron chi connectivity index (χ2n) is 8.10. The van der Waals surface area contributed by atoms with Gasteiger partial charge in [0.2, 0.25) is 5.75 Å². The number of benzene rings is 2. The van der Waals surface area contributed by atoms with Gasteiger partial charge in [0, 0.05) is 29.3 Å². The molecule has 0 radical (unpaired) electrons. The summed E-state index contributed by atoms with van der Waals surface area (Å²) in [7, 11) is 4.65. The van der Waals surface area contributed by atoms with E-state index in [-0.39, 0.29) is 11.7 Å². The zero-order chi connectivity index (χ0) is 22.8. The van der Waals surface area contributed by atoms with Gasteiger partial charge in [-0.15, -0.1) is 0 Å². The summed E-state index contributed by atoms with van der Waals surface area (Å²) in [5.41, 5.74) is 4.03. The number of nitrogens with zero attached hydrogens (tertiary/aromatic N) is 2. The van der Waals surface area contributed by atoms with Crippen LogP contribution in [0.5, 0.6) is 17.2 Å². The fourth-order valence-corrected chi connectivity index (χ4v) is 4.83. The van der Waals surface area contributed by atoms with Gasteiger partial charge in [0.1, 0.15) is 0 Å². The quantitative estimate of drug-likeness (QED) is 0.680. The first-order valence-electron chi connectivity index (χ1n) is 10.6. The second-order valence-corrected chi connectivity index (χ2v) is 8.10. The van der Waals surface area contributed by atoms with Crippen LogP contribution in [-0.2, 0) is 4.79 Å². The Bertz CT molecular complexity index is 1120. The van der Waals surface area contributed by atoms with Crippen LogP contribution in [0, 0.1) is 17.2 Å². The molecule has 2 aliphatic rings. The zero-order valence-electron chi connectivity index (χ0n) is 18.7. The summed E-state index contributed by atoms with van der Waals surface area (Å²) in [6.07, 6.45) is 1.07. The van der Waals surface area contributed by atoms with Crippen molar-refractivity contribution in [3.63, 3.8) is 0 Å². The number of methoxy groups -OCH3 is 3. The molecule has 6 heteroatoms. The molecule has 2 aromatic rings. The predicted molar refractivity (Wildman–Crippen MR) is 122 cm³/mol. The maximum absolute atomic E-state index is 13.5. The molecule has 1 heterocycles. The lowest BCUT2D eigenvalue weighted by molar-refractivity contribution is -0.116. The van der Waals surface area contributed by atoms with Gasteiger partial charge in [-0.3, -0.25) is 9.79 Å². The van der Waals surface area contributed by atoms with Gasteiger partial charge in [-0.05, 0) is 42.5 Å². The SMILES string of the molecule is COc1cc(C2C3=C(CC(c4ccccc4)CC3=O)N=C(C)C2C#N)cc(OC)c1OC. The fourth-order valence-electron chi connectivity index (χ4n) is 4.83. The van der Waals surface area contributed by atoms with Crippen molar-refractivity contribution in [3.8, 4) is 23.3 Å². The molecule has 1 aliphatic heterocycles. The first-order valence-corrected chi connectivity index (χ1v) is 10.6. The van der Waals surface area contributed by atoms with Crippen LogP contribution in [0.4, 0.5) is 0 Å². The van der Waals surface area contributed by atoms with Crippen molar-refractivity contribution in [2.24, 2.45) is 10.9 Å². The Morgan fingerprint density at radius 1 is 0.969 bits per heavy atom. The van der Waals surface area contributed by atoms with Gasteiger partial charge < -0.3 is 14.2 Å². The first kappa shape index (κ1) is 21.6. The molecule has 1 aliphatic carbocycles. The van der Waals surface area contributed by atoms with Crippen molar-refractivity contribution < 1.29 is 19.0 Å². The van der Waals surface area contributed by atoms with Crippen LogP contribution in [0.2, 0.25) is 0 Å². The topological polar surface area (TPSA) is 80.9 Å². The molecule has 0 spiro atoms. The Labute approximate surface area is 188 Å². The summed E-state index contributed by atoms with van der Waals surface area (Å²) in [5.74, 6) is 0.590. The molecule has 0 aromatic heterocycles. The Balaban J connectivity index is 1.85. The lowest BCUT2D eigenvalue weighted by atomic mass is 9.69. The molecule has 3 unspecified atom stereocenters. The second kappa shape index (κ2) is 8.88. The third-order valence-corrected chi connectivity index (χ3v) is 6.34. The summed E-state index contributed by atoms with van der Waals surface area (Å²) in [5, 5.41) is 10.0. The number of carbonyl (C=O) groups excluding carboxylic acids is 1. The van der Waals surface area contributed by atoms with E-state index < -0.39 is 11.8 Å². The minimum atomic E-state index is -0.547. The number of ketones is 1. The smallest absolute Gasteiger partial charge is 0.203 e. The average Bonchev–Trinajstić information content (AvgIpc) is 2.82. The van der Waals surface area contributed by atoms with Gasteiger partial charge in [0.15, 0.2) is 17.3 Å². The van der Waals surface area contributed by atoms with Gasteiger partial charge in [0.25, 0.3) is 0 Å². The normalized spacial score (nSPS) is 22.5. The minimum absolute atomic E-state index is 0.0374. The predicted octanol–water partition coefficient (Wildman–Crippen LogP) is 4.81. The van der Waals surface area contributed by atoms with Crippen molar-refractivity contribution in [2.75, 3.05) is 21.3 Å². The molecule has 2 aromatic carbocycles. The largest absolute Gasteiger partial charge is 0.493 e. The maximum Gasteiger partial charge on any atom is 0.203 e. The number of rotatable bonds is 5. The Kier molecular flexibility index (Phi) is 6.00. The number of allylic oxidation sites excluding steroid dienone is 2. The van der Waals surface area contributed by atoms with Crippen LogP contribution in [0.1, 0.15) is 42.7 Å². The molecule has 4 rings (SSSR count). The van der Waals surface area contributed by atoms with E-state index in [0.29, 0.717) is 41.4 Å². The van der Waals surface area contributed by atoms with Gasteiger partial charge in [-0.2, -0.15) is 5.26 Å². The molecule has 0 fully saturated rings.